The van der Waals surface area contributed by atoms with Crippen molar-refractivity contribution in [2.24, 2.45) is 0 Å². The summed E-state index contributed by atoms with van der Waals surface area (Å²) in [6.07, 6.45) is 0. The Morgan fingerprint density at radius 1 is 1.50 bits per heavy atom. The van der Waals surface area contributed by atoms with Gasteiger partial charge in [0, 0.05) is 11.6 Å². The molecule has 2 aromatic rings. The Morgan fingerprint density at radius 2 is 2.20 bits per heavy atom. The molecule has 0 aliphatic rings. The minimum atomic E-state index is -1.20. The fourth-order valence-corrected chi connectivity index (χ4v) is 1.80. The van der Waals surface area contributed by atoms with Crippen LogP contribution in [0.5, 0.6) is 5.75 Å². The second kappa shape index (κ2) is 5.00. The SMILES string of the molecule is COc1cc([N+](=O)[O-])ccc1-c1noc(C)c1C(=O)O. The van der Waals surface area contributed by atoms with Crippen LogP contribution in [-0.2, 0) is 0 Å². The summed E-state index contributed by atoms with van der Waals surface area (Å²) in [5.41, 5.74) is 0.119. The van der Waals surface area contributed by atoms with E-state index in [0.29, 0.717) is 5.56 Å². The number of aryl methyl sites for hydroxylation is 1. The third kappa shape index (κ3) is 2.18. The molecule has 0 atom stereocenters. The van der Waals surface area contributed by atoms with Crippen molar-refractivity contribution in [3.63, 3.8) is 0 Å². The number of carboxylic acid groups (broad SMARTS) is 1. The van der Waals surface area contributed by atoms with Gasteiger partial charge in [-0.3, -0.25) is 10.1 Å². The van der Waals surface area contributed by atoms with E-state index in [4.69, 9.17) is 14.4 Å². The molecule has 1 aromatic heterocycles. The van der Waals surface area contributed by atoms with E-state index in [1.54, 1.807) is 0 Å². The number of hydrogen-bond donors (Lipinski definition) is 1. The van der Waals surface area contributed by atoms with E-state index in [-0.39, 0.29) is 28.5 Å². The predicted molar refractivity (Wildman–Crippen MR) is 66.8 cm³/mol. The van der Waals surface area contributed by atoms with Gasteiger partial charge in [0.2, 0.25) is 0 Å². The first-order chi connectivity index (χ1) is 9.45. The van der Waals surface area contributed by atoms with Gasteiger partial charge in [0.25, 0.3) is 5.69 Å². The molecule has 0 spiro atoms. The van der Waals surface area contributed by atoms with Crippen molar-refractivity contribution in [3.8, 4) is 17.0 Å². The number of nitro groups is 1. The lowest BCUT2D eigenvalue weighted by atomic mass is 10.0. The van der Waals surface area contributed by atoms with Crippen LogP contribution in [0.15, 0.2) is 22.7 Å². The fraction of sp³-hybridized carbons (Fsp3) is 0.167. The zero-order valence-corrected chi connectivity index (χ0v) is 10.6. The van der Waals surface area contributed by atoms with Crippen LogP contribution < -0.4 is 4.74 Å². The molecule has 104 valence electrons. The number of rotatable bonds is 4. The van der Waals surface area contributed by atoms with Gasteiger partial charge in [-0.2, -0.15) is 0 Å². The fourth-order valence-electron chi connectivity index (χ4n) is 1.80. The van der Waals surface area contributed by atoms with Crippen molar-refractivity contribution in [2.45, 2.75) is 6.92 Å². The van der Waals surface area contributed by atoms with Crippen molar-refractivity contribution in [1.29, 1.82) is 0 Å². The number of aromatic nitrogens is 1. The van der Waals surface area contributed by atoms with E-state index in [1.165, 1.54) is 32.2 Å². The number of nitrogens with zero attached hydrogens (tertiary/aromatic N) is 2. The third-order valence-corrected chi connectivity index (χ3v) is 2.73. The summed E-state index contributed by atoms with van der Waals surface area (Å²) >= 11 is 0. The Morgan fingerprint density at radius 3 is 2.75 bits per heavy atom. The first-order valence-electron chi connectivity index (χ1n) is 5.48. The van der Waals surface area contributed by atoms with Gasteiger partial charge in [-0.25, -0.2) is 4.79 Å². The predicted octanol–water partition coefficient (Wildman–Crippen LogP) is 2.27. The molecule has 0 saturated heterocycles. The molecule has 2 rings (SSSR count). The number of carbonyl (C=O) groups is 1. The number of non-ortho nitro benzene ring substituents is 1. The number of nitro benzene ring substituents is 1. The average molecular weight is 278 g/mol. The minimum absolute atomic E-state index is 0.0711. The largest absolute Gasteiger partial charge is 0.496 e. The minimum Gasteiger partial charge on any atom is -0.496 e. The number of hydrogen-bond acceptors (Lipinski definition) is 6. The summed E-state index contributed by atoms with van der Waals surface area (Å²) in [4.78, 5) is 21.3. The Hall–Kier alpha value is -2.90. The molecule has 0 amide bonds. The average Bonchev–Trinajstić information content (AvgIpc) is 2.79. The van der Waals surface area contributed by atoms with Gasteiger partial charge in [-0.15, -0.1) is 0 Å². The molecule has 1 N–H and O–H groups in total. The normalized spacial score (nSPS) is 10.3. The highest BCUT2D eigenvalue weighted by molar-refractivity contribution is 5.96. The standard InChI is InChI=1S/C12H10N2O6/c1-6-10(12(15)16)11(13-20-6)8-4-3-7(14(17)18)5-9(8)19-2/h3-5H,1-2H3,(H,15,16). The maximum Gasteiger partial charge on any atom is 0.341 e. The molecule has 0 aliphatic carbocycles. The smallest absolute Gasteiger partial charge is 0.341 e. The van der Waals surface area contributed by atoms with Crippen LogP contribution in [-0.4, -0.2) is 28.3 Å². The van der Waals surface area contributed by atoms with E-state index in [2.05, 4.69) is 5.16 Å². The zero-order valence-electron chi connectivity index (χ0n) is 10.6. The van der Waals surface area contributed by atoms with Gasteiger partial charge in [0.15, 0.2) is 0 Å². The Balaban J connectivity index is 2.64. The van der Waals surface area contributed by atoms with E-state index in [0.717, 1.165) is 0 Å². The number of methoxy groups -OCH3 is 1. The molecule has 8 heteroatoms. The monoisotopic (exact) mass is 278 g/mol. The molecule has 20 heavy (non-hydrogen) atoms. The molecule has 1 heterocycles. The lowest BCUT2D eigenvalue weighted by molar-refractivity contribution is -0.384. The highest BCUT2D eigenvalue weighted by Gasteiger charge is 2.24. The lowest BCUT2D eigenvalue weighted by Gasteiger charge is -2.06. The number of aromatic carboxylic acids is 1. The molecule has 0 aliphatic heterocycles. The molecule has 0 radical (unpaired) electrons. The van der Waals surface area contributed by atoms with Crippen molar-refractivity contribution in [3.05, 3.63) is 39.6 Å². The van der Waals surface area contributed by atoms with Gasteiger partial charge in [-0.05, 0) is 13.0 Å². The number of benzene rings is 1. The van der Waals surface area contributed by atoms with Crippen LogP contribution in [0.4, 0.5) is 5.69 Å². The Bertz CT molecular complexity index is 691. The number of ether oxygens (including phenoxy) is 1. The topological polar surface area (TPSA) is 116 Å². The van der Waals surface area contributed by atoms with Crippen LogP contribution in [0.2, 0.25) is 0 Å². The van der Waals surface area contributed by atoms with E-state index >= 15 is 0 Å². The molecule has 1 aromatic carbocycles. The second-order valence-electron chi connectivity index (χ2n) is 3.91. The molecule has 0 saturated carbocycles. The van der Waals surface area contributed by atoms with Crippen molar-refractivity contribution in [2.75, 3.05) is 7.11 Å². The lowest BCUT2D eigenvalue weighted by Crippen LogP contribution is -2.00. The van der Waals surface area contributed by atoms with Gasteiger partial charge in [0.05, 0.1) is 18.1 Å². The van der Waals surface area contributed by atoms with Crippen molar-refractivity contribution >= 4 is 11.7 Å². The highest BCUT2D eigenvalue weighted by Crippen LogP contribution is 2.35. The van der Waals surface area contributed by atoms with Gasteiger partial charge < -0.3 is 14.4 Å². The number of carboxylic acids is 1. The Labute approximate surface area is 112 Å². The quantitative estimate of drug-likeness (QED) is 0.673. The van der Waals surface area contributed by atoms with E-state index < -0.39 is 10.9 Å². The molecular formula is C12H10N2O6. The maximum absolute atomic E-state index is 11.2. The highest BCUT2D eigenvalue weighted by atomic mass is 16.6. The molecular weight excluding hydrogens is 268 g/mol. The van der Waals surface area contributed by atoms with Gasteiger partial charge in [0.1, 0.15) is 22.8 Å². The van der Waals surface area contributed by atoms with Gasteiger partial charge in [-0.1, -0.05) is 5.16 Å². The zero-order chi connectivity index (χ0) is 14.9. The maximum atomic E-state index is 11.2. The van der Waals surface area contributed by atoms with E-state index in [1.807, 2.05) is 0 Å². The van der Waals surface area contributed by atoms with Crippen LogP contribution in [0.1, 0.15) is 16.1 Å². The van der Waals surface area contributed by atoms with Crippen molar-refractivity contribution in [1.82, 2.24) is 5.16 Å². The first kappa shape index (κ1) is 13.5. The van der Waals surface area contributed by atoms with Gasteiger partial charge >= 0.3 is 5.97 Å². The molecule has 0 fully saturated rings. The third-order valence-electron chi connectivity index (χ3n) is 2.73. The summed E-state index contributed by atoms with van der Waals surface area (Å²) in [6, 6.07) is 3.82. The van der Waals surface area contributed by atoms with Crippen LogP contribution in [0, 0.1) is 17.0 Å². The summed E-state index contributed by atoms with van der Waals surface area (Å²) in [7, 11) is 1.33. The molecule has 0 unspecified atom stereocenters. The summed E-state index contributed by atoms with van der Waals surface area (Å²) in [5, 5.41) is 23.6. The van der Waals surface area contributed by atoms with Crippen LogP contribution >= 0.6 is 0 Å². The van der Waals surface area contributed by atoms with Crippen LogP contribution in [0.25, 0.3) is 11.3 Å². The summed E-state index contributed by atoms with van der Waals surface area (Å²) in [6.45, 7) is 1.47. The second-order valence-corrected chi connectivity index (χ2v) is 3.91. The van der Waals surface area contributed by atoms with Crippen molar-refractivity contribution < 1.29 is 24.1 Å². The van der Waals surface area contributed by atoms with Crippen LogP contribution in [0.3, 0.4) is 0 Å². The summed E-state index contributed by atoms with van der Waals surface area (Å²) in [5.74, 6) is -0.901. The van der Waals surface area contributed by atoms with E-state index in [9.17, 15) is 14.9 Å². The Kier molecular flexibility index (Phi) is 3.38. The molecule has 0 bridgehead atoms. The summed E-state index contributed by atoms with van der Waals surface area (Å²) < 4.78 is 9.92. The molecule has 8 nitrogen and oxygen atoms in total. The first-order valence-corrected chi connectivity index (χ1v) is 5.48.